The average Bonchev–Trinajstić information content (AvgIpc) is 0. The maximum absolute atomic E-state index is 0. The van der Waals surface area contributed by atoms with Crippen LogP contribution in [-0.4, -0.2) is 0 Å². The summed E-state index contributed by atoms with van der Waals surface area (Å²) in [5, 5.41) is 0. The Morgan fingerprint density at radius 3 is 0.571 bits per heavy atom. The van der Waals surface area contributed by atoms with E-state index in [9.17, 15) is 0 Å². The van der Waals surface area contributed by atoms with E-state index in [0.29, 0.717) is 0 Å². The molecule has 0 bridgehead atoms. The van der Waals surface area contributed by atoms with Crippen LogP contribution < -0.4 is 18.9 Å². The molecule has 0 spiro atoms. The minimum Gasteiger partial charge on any atom is -2.00 e. The second kappa shape index (κ2) is 137. The summed E-state index contributed by atoms with van der Waals surface area (Å²) in [5.74, 6) is 0. The Kier molecular flexibility index (Phi) is 4060. The molecule has 7 heavy (non-hydrogen) atoms. The summed E-state index contributed by atoms with van der Waals surface area (Å²) in [6, 6.07) is 0. The zero-order valence-corrected chi connectivity index (χ0v) is 5.85. The van der Waals surface area contributed by atoms with Crippen LogP contribution in [0.2, 0.25) is 0 Å². The van der Waals surface area contributed by atoms with Crippen LogP contribution in [-0.2, 0) is 57.2 Å². The van der Waals surface area contributed by atoms with Crippen LogP contribution in [0.15, 0.2) is 0 Å². The maximum atomic E-state index is 0. The van der Waals surface area contributed by atoms with E-state index in [1.54, 1.807) is 0 Å². The summed E-state index contributed by atoms with van der Waals surface area (Å²) in [7, 11) is 0. The molecule has 0 N–H and O–H groups in total. The van der Waals surface area contributed by atoms with Gasteiger partial charge in [0, 0.05) is 18.6 Å². The third kappa shape index (κ3) is 98.5. The minimum absolute atomic E-state index is 0. The molecule has 0 rings (SSSR count). The maximum Gasteiger partial charge on any atom is 2.00 e. The molecule has 0 aromatic heterocycles. The van der Waals surface area contributed by atoms with E-state index in [1.807, 2.05) is 0 Å². The molecule has 0 aliphatic heterocycles. The van der Waals surface area contributed by atoms with Gasteiger partial charge in [-0.3, -0.25) is 0 Å². The van der Waals surface area contributed by atoms with Gasteiger partial charge in [-0.2, -0.15) is 0 Å². The Morgan fingerprint density at radius 2 is 0.571 bits per heavy atom. The molecule has 0 fully saturated rings. The summed E-state index contributed by atoms with van der Waals surface area (Å²) in [5.41, 5.74) is 0. The Hall–Kier alpha value is 1.53. The molecule has 0 aromatic rings. The first-order valence-corrected chi connectivity index (χ1v) is 0. The summed E-state index contributed by atoms with van der Waals surface area (Å²) >= 11 is 0. The summed E-state index contributed by atoms with van der Waals surface area (Å²) in [4.78, 5) is 0. The van der Waals surface area contributed by atoms with Crippen LogP contribution in [0.25, 0.3) is 0 Å². The van der Waals surface area contributed by atoms with Crippen LogP contribution >= 0.6 is 0 Å². The van der Waals surface area contributed by atoms with Crippen molar-refractivity contribution in [2.75, 3.05) is 0 Å². The molecule has 2 radical (unpaired) electrons. The van der Waals surface area contributed by atoms with Gasteiger partial charge in [-0.1, -0.05) is 0 Å². The molecule has 0 atom stereocenters. The predicted molar refractivity (Wildman–Crippen MR) is 2.75 cm³/mol. The third-order valence-electron chi connectivity index (χ3n) is 0. The Morgan fingerprint density at radius 1 is 0.571 bits per heavy atom. The van der Waals surface area contributed by atoms with Gasteiger partial charge in [-0.25, -0.2) is 0 Å². The molecule has 0 heterocycles. The predicted octanol–water partition coefficient (Wildman–Crippen LogP) is -3.48. The Labute approximate surface area is 75.9 Å². The van der Waals surface area contributed by atoms with E-state index in [1.165, 1.54) is 0 Å². The standard InChI is InChI=1S/Co.Li.4O.V/q+2;+1;4*-2;. The first-order chi connectivity index (χ1) is 0. The van der Waals surface area contributed by atoms with E-state index in [-0.39, 0.29) is 76.1 Å². The molecular formula is CoLiO4V-5. The SMILES string of the molecule is [Co+2].[Li+].[O-2].[O-2].[O-2].[O-2].[V]. The molecule has 0 aromatic carbocycles. The molecule has 4 nitrogen and oxygen atoms in total. The van der Waals surface area contributed by atoms with Crippen molar-refractivity contribution in [3.05, 3.63) is 0 Å². The van der Waals surface area contributed by atoms with Crippen LogP contribution in [0.5, 0.6) is 0 Å². The van der Waals surface area contributed by atoms with E-state index in [0.717, 1.165) is 0 Å². The molecule has 0 saturated heterocycles. The van der Waals surface area contributed by atoms with E-state index >= 15 is 0 Å². The Balaban J connectivity index is 0. The molecule has 44 valence electrons. The number of rotatable bonds is 0. The molecular weight excluding hydrogens is 181 g/mol. The zero-order chi connectivity index (χ0) is 0. The van der Waals surface area contributed by atoms with Gasteiger partial charge >= 0.3 is 35.6 Å². The van der Waals surface area contributed by atoms with Crippen molar-refractivity contribution in [2.45, 2.75) is 0 Å². The smallest absolute Gasteiger partial charge is 2.00 e. The molecule has 0 aliphatic rings. The van der Waals surface area contributed by atoms with Crippen molar-refractivity contribution in [2.24, 2.45) is 0 Å². The second-order valence-electron chi connectivity index (χ2n) is 0. The topological polar surface area (TPSA) is 114 Å². The van der Waals surface area contributed by atoms with Crippen LogP contribution in [0, 0.1) is 0 Å². The molecule has 0 saturated carbocycles. The van der Waals surface area contributed by atoms with Crippen molar-refractivity contribution in [3.63, 3.8) is 0 Å². The van der Waals surface area contributed by atoms with Gasteiger partial charge in [0.1, 0.15) is 0 Å². The van der Waals surface area contributed by atoms with E-state index in [4.69, 9.17) is 0 Å². The zero-order valence-electron chi connectivity index (χ0n) is 3.41. The normalized spacial score (nSPS) is 0. The minimum atomic E-state index is 0. The fraction of sp³-hybridized carbons (Fsp3) is 0. The third-order valence-corrected chi connectivity index (χ3v) is 0. The first-order valence-electron chi connectivity index (χ1n) is 0. The van der Waals surface area contributed by atoms with Crippen LogP contribution in [0.1, 0.15) is 0 Å². The van der Waals surface area contributed by atoms with Gasteiger partial charge in [-0.05, 0) is 0 Å². The van der Waals surface area contributed by atoms with Crippen LogP contribution in [0.3, 0.4) is 0 Å². The van der Waals surface area contributed by atoms with Crippen molar-refractivity contribution >= 4 is 0 Å². The van der Waals surface area contributed by atoms with Crippen molar-refractivity contribution in [1.82, 2.24) is 0 Å². The quantitative estimate of drug-likeness (QED) is 0.345. The van der Waals surface area contributed by atoms with Gasteiger partial charge in [0.2, 0.25) is 0 Å². The summed E-state index contributed by atoms with van der Waals surface area (Å²) < 4.78 is 0. The molecule has 0 aliphatic carbocycles. The molecule has 0 amide bonds. The fourth-order valence-electron chi connectivity index (χ4n) is 0. The van der Waals surface area contributed by atoms with Gasteiger partial charge in [0.25, 0.3) is 0 Å². The average molecular weight is 181 g/mol. The second-order valence-corrected chi connectivity index (χ2v) is 0. The van der Waals surface area contributed by atoms with Gasteiger partial charge in [-0.15, -0.1) is 0 Å². The monoisotopic (exact) mass is 181 g/mol. The summed E-state index contributed by atoms with van der Waals surface area (Å²) in [6.07, 6.45) is 0. The van der Waals surface area contributed by atoms with Crippen molar-refractivity contribution < 1.29 is 76.1 Å². The molecule has 0 unspecified atom stereocenters. The van der Waals surface area contributed by atoms with E-state index in [2.05, 4.69) is 0 Å². The number of hydrogen-bond acceptors (Lipinski definition) is 0. The number of hydrogen-bond donors (Lipinski definition) is 0. The van der Waals surface area contributed by atoms with E-state index < -0.39 is 0 Å². The van der Waals surface area contributed by atoms with Crippen molar-refractivity contribution in [1.29, 1.82) is 0 Å². The van der Waals surface area contributed by atoms with Gasteiger partial charge in [0.05, 0.1) is 0 Å². The summed E-state index contributed by atoms with van der Waals surface area (Å²) in [6.45, 7) is 0. The largest absolute Gasteiger partial charge is 2.00 e. The van der Waals surface area contributed by atoms with Gasteiger partial charge < -0.3 is 21.9 Å². The van der Waals surface area contributed by atoms with Crippen molar-refractivity contribution in [3.8, 4) is 0 Å². The van der Waals surface area contributed by atoms with Crippen LogP contribution in [0.4, 0.5) is 0 Å². The molecule has 7 heteroatoms. The van der Waals surface area contributed by atoms with Gasteiger partial charge in [0.15, 0.2) is 0 Å². The Bertz CT molecular complexity index is 11.7. The fourth-order valence-corrected chi connectivity index (χ4v) is 0. The first kappa shape index (κ1) is 207.